The number of aryl methyl sites for hydroxylation is 1. The van der Waals surface area contributed by atoms with Crippen LogP contribution >= 0.6 is 0 Å². The number of methoxy groups -OCH3 is 1. The molecule has 0 N–H and O–H groups in total. The summed E-state index contributed by atoms with van der Waals surface area (Å²) >= 11 is 0. The van der Waals surface area contributed by atoms with Crippen molar-refractivity contribution < 1.29 is 14.3 Å². The van der Waals surface area contributed by atoms with Crippen molar-refractivity contribution in [1.82, 2.24) is 14.5 Å². The molecule has 1 aromatic heterocycles. The van der Waals surface area contributed by atoms with Crippen molar-refractivity contribution in [3.63, 3.8) is 0 Å². The fourth-order valence-electron chi connectivity index (χ4n) is 6.19. The molecule has 1 spiro atoms. The van der Waals surface area contributed by atoms with Crippen LogP contribution in [0.2, 0.25) is 0 Å². The number of hydrogen-bond acceptors (Lipinski definition) is 5. The van der Waals surface area contributed by atoms with Crippen LogP contribution in [0.3, 0.4) is 0 Å². The molecule has 2 aromatic carbocycles. The SMILES string of the molecule is COC(=O)N1c2ccc3c(nc(Cc4ccccc4)n3CCN3CCC4(CC3)COC4)c2CC[C@@H]1C. The van der Waals surface area contributed by atoms with E-state index < -0.39 is 0 Å². The molecule has 4 heterocycles. The molecule has 0 unspecified atom stereocenters. The average molecular weight is 489 g/mol. The van der Waals surface area contributed by atoms with Gasteiger partial charge in [0.2, 0.25) is 0 Å². The Kier molecular flexibility index (Phi) is 6.21. The van der Waals surface area contributed by atoms with Gasteiger partial charge in [-0.15, -0.1) is 0 Å². The first-order valence-electron chi connectivity index (χ1n) is 13.3. The molecule has 36 heavy (non-hydrogen) atoms. The summed E-state index contributed by atoms with van der Waals surface area (Å²) in [5.74, 6) is 1.09. The summed E-state index contributed by atoms with van der Waals surface area (Å²) in [6, 6.07) is 14.9. The summed E-state index contributed by atoms with van der Waals surface area (Å²) in [7, 11) is 1.45. The molecular weight excluding hydrogens is 452 g/mol. The second-order valence-electron chi connectivity index (χ2n) is 10.8. The third-order valence-corrected chi connectivity index (χ3v) is 8.54. The van der Waals surface area contributed by atoms with Gasteiger partial charge in [-0.1, -0.05) is 30.3 Å². The van der Waals surface area contributed by atoms with Gasteiger partial charge in [0.05, 0.1) is 37.0 Å². The highest BCUT2D eigenvalue weighted by atomic mass is 16.5. The molecule has 1 amide bonds. The summed E-state index contributed by atoms with van der Waals surface area (Å²) in [5, 5.41) is 0. The van der Waals surface area contributed by atoms with E-state index in [9.17, 15) is 4.79 Å². The standard InChI is InChI=1S/C29H36N4O3/c1-21-8-9-23-24(33(21)28(34)35-2)10-11-25-27(23)30-26(18-22-6-4-3-5-7-22)32(25)17-16-31-14-12-29(13-15-31)19-36-20-29/h3-7,10-11,21H,8-9,12-20H2,1-2H3/t21-/m0/s1. The number of imidazole rings is 1. The second-order valence-corrected chi connectivity index (χ2v) is 10.8. The van der Waals surface area contributed by atoms with E-state index in [0.717, 1.165) is 81.2 Å². The molecule has 2 fully saturated rings. The lowest BCUT2D eigenvalue weighted by Gasteiger charge is -2.47. The van der Waals surface area contributed by atoms with Gasteiger partial charge in [0.1, 0.15) is 5.82 Å². The maximum Gasteiger partial charge on any atom is 0.414 e. The number of fused-ring (bicyclic) bond motifs is 3. The third kappa shape index (κ3) is 4.18. The van der Waals surface area contributed by atoms with Crippen LogP contribution in [-0.4, -0.2) is 66.5 Å². The third-order valence-electron chi connectivity index (χ3n) is 8.54. The van der Waals surface area contributed by atoms with Gasteiger partial charge >= 0.3 is 6.09 Å². The Bertz CT molecular complexity index is 1240. The fraction of sp³-hybridized carbons (Fsp3) is 0.517. The lowest BCUT2D eigenvalue weighted by molar-refractivity contribution is -0.139. The number of ether oxygens (including phenoxy) is 2. The van der Waals surface area contributed by atoms with Crippen LogP contribution in [0.5, 0.6) is 0 Å². The Hall–Kier alpha value is -2.90. The molecular formula is C29H36N4O3. The van der Waals surface area contributed by atoms with E-state index in [1.54, 1.807) is 4.90 Å². The van der Waals surface area contributed by atoms with Crippen LogP contribution in [-0.2, 0) is 28.9 Å². The van der Waals surface area contributed by atoms with Gasteiger partial charge in [-0.25, -0.2) is 9.78 Å². The quantitative estimate of drug-likeness (QED) is 0.523. The molecule has 0 radical (unpaired) electrons. The Morgan fingerprint density at radius 1 is 1.11 bits per heavy atom. The number of benzene rings is 2. The molecule has 3 aromatic rings. The zero-order valence-electron chi connectivity index (χ0n) is 21.4. The molecule has 7 nitrogen and oxygen atoms in total. The number of rotatable bonds is 5. The number of aromatic nitrogens is 2. The topological polar surface area (TPSA) is 59.8 Å². The molecule has 0 aliphatic carbocycles. The largest absolute Gasteiger partial charge is 0.452 e. The van der Waals surface area contributed by atoms with E-state index in [-0.39, 0.29) is 12.1 Å². The highest BCUT2D eigenvalue weighted by Crippen LogP contribution is 2.39. The lowest BCUT2D eigenvalue weighted by atomic mass is 9.77. The summed E-state index contributed by atoms with van der Waals surface area (Å²) in [5.41, 5.74) is 6.02. The zero-order valence-corrected chi connectivity index (χ0v) is 21.4. The minimum Gasteiger partial charge on any atom is -0.452 e. The number of likely N-dealkylation sites (tertiary alicyclic amines) is 1. The van der Waals surface area contributed by atoms with Crippen molar-refractivity contribution in [2.75, 3.05) is 44.9 Å². The summed E-state index contributed by atoms with van der Waals surface area (Å²) in [6.45, 7) is 8.20. The second kappa shape index (κ2) is 9.52. The Balaban J connectivity index is 1.33. The molecule has 1 atom stereocenters. The number of nitrogens with zero attached hydrogens (tertiary/aromatic N) is 4. The Labute approximate surface area is 213 Å². The highest BCUT2D eigenvalue weighted by Gasteiger charge is 2.41. The minimum absolute atomic E-state index is 0.108. The lowest BCUT2D eigenvalue weighted by Crippen LogP contribution is -2.51. The monoisotopic (exact) mass is 488 g/mol. The fourth-order valence-corrected chi connectivity index (χ4v) is 6.19. The van der Waals surface area contributed by atoms with Gasteiger partial charge in [0.15, 0.2) is 0 Å². The minimum atomic E-state index is -0.300. The molecule has 190 valence electrons. The van der Waals surface area contributed by atoms with E-state index in [4.69, 9.17) is 14.5 Å². The van der Waals surface area contributed by atoms with Gasteiger partial charge < -0.3 is 18.9 Å². The first-order chi connectivity index (χ1) is 17.6. The first kappa shape index (κ1) is 23.5. The van der Waals surface area contributed by atoms with Crippen molar-refractivity contribution in [1.29, 1.82) is 0 Å². The van der Waals surface area contributed by atoms with Crippen LogP contribution < -0.4 is 4.90 Å². The van der Waals surface area contributed by atoms with Crippen LogP contribution in [0.1, 0.15) is 43.1 Å². The Morgan fingerprint density at radius 2 is 1.89 bits per heavy atom. The van der Waals surface area contributed by atoms with Gasteiger partial charge in [-0.05, 0) is 63.4 Å². The summed E-state index contributed by atoms with van der Waals surface area (Å²) in [4.78, 5) is 22.2. The summed E-state index contributed by atoms with van der Waals surface area (Å²) in [6.07, 6.45) is 4.79. The molecule has 6 rings (SSSR count). The molecule has 3 aliphatic rings. The van der Waals surface area contributed by atoms with E-state index in [1.165, 1.54) is 31.0 Å². The van der Waals surface area contributed by atoms with Crippen molar-refractivity contribution in [2.24, 2.45) is 5.41 Å². The normalized spacial score (nSPS) is 21.4. The van der Waals surface area contributed by atoms with Crippen LogP contribution in [0.15, 0.2) is 42.5 Å². The predicted octanol–water partition coefficient (Wildman–Crippen LogP) is 4.65. The van der Waals surface area contributed by atoms with Gasteiger partial charge in [-0.2, -0.15) is 0 Å². The van der Waals surface area contributed by atoms with E-state index in [1.807, 2.05) is 0 Å². The van der Waals surface area contributed by atoms with Crippen molar-refractivity contribution >= 4 is 22.8 Å². The molecule has 0 bridgehead atoms. The maximum atomic E-state index is 12.6. The number of carbonyl (C=O) groups excluding carboxylic acids is 1. The molecule has 0 saturated carbocycles. The van der Waals surface area contributed by atoms with Crippen molar-refractivity contribution in [3.8, 4) is 0 Å². The van der Waals surface area contributed by atoms with Gasteiger partial charge in [0, 0.05) is 36.5 Å². The van der Waals surface area contributed by atoms with Crippen molar-refractivity contribution in [3.05, 3.63) is 59.4 Å². The highest BCUT2D eigenvalue weighted by molar-refractivity contribution is 5.95. The van der Waals surface area contributed by atoms with Crippen LogP contribution in [0.4, 0.5) is 10.5 Å². The predicted molar refractivity (Wildman–Crippen MR) is 141 cm³/mol. The number of anilines is 1. The summed E-state index contributed by atoms with van der Waals surface area (Å²) < 4.78 is 13.0. The zero-order chi connectivity index (χ0) is 24.7. The van der Waals surface area contributed by atoms with E-state index >= 15 is 0 Å². The van der Waals surface area contributed by atoms with Crippen LogP contribution in [0.25, 0.3) is 11.0 Å². The van der Waals surface area contributed by atoms with E-state index in [2.05, 4.69) is 58.9 Å². The number of carbonyl (C=O) groups is 1. The molecule has 3 aliphatic heterocycles. The molecule has 2 saturated heterocycles. The molecule has 7 heteroatoms. The average Bonchev–Trinajstić information content (AvgIpc) is 3.24. The Morgan fingerprint density at radius 3 is 2.58 bits per heavy atom. The maximum absolute atomic E-state index is 12.6. The number of amides is 1. The number of piperidine rings is 1. The van der Waals surface area contributed by atoms with Crippen LogP contribution in [0, 0.1) is 5.41 Å². The van der Waals surface area contributed by atoms with E-state index in [0.29, 0.717) is 5.41 Å². The van der Waals surface area contributed by atoms with Crippen molar-refractivity contribution in [2.45, 2.75) is 51.6 Å². The number of hydrogen-bond donors (Lipinski definition) is 0. The smallest absolute Gasteiger partial charge is 0.414 e. The first-order valence-corrected chi connectivity index (χ1v) is 13.3. The van der Waals surface area contributed by atoms with Gasteiger partial charge in [0.25, 0.3) is 0 Å². The van der Waals surface area contributed by atoms with Gasteiger partial charge in [-0.3, -0.25) is 4.90 Å².